The summed E-state index contributed by atoms with van der Waals surface area (Å²) in [6, 6.07) is 0. The minimum absolute atomic E-state index is 0.173. The molecule has 0 aromatic carbocycles. The number of carbonyl (C=O) groups is 2. The zero-order valence-corrected chi connectivity index (χ0v) is 13.0. The van der Waals surface area contributed by atoms with Gasteiger partial charge in [0.15, 0.2) is 0 Å². The van der Waals surface area contributed by atoms with Crippen LogP contribution in [0, 0.1) is 5.92 Å². The van der Waals surface area contributed by atoms with Gasteiger partial charge in [-0.3, -0.25) is 14.3 Å². The molecule has 1 aromatic rings. The lowest BCUT2D eigenvalue weighted by Gasteiger charge is -2.22. The fourth-order valence-electron chi connectivity index (χ4n) is 1.98. The van der Waals surface area contributed by atoms with Gasteiger partial charge >= 0.3 is 5.97 Å². The van der Waals surface area contributed by atoms with Crippen molar-refractivity contribution < 1.29 is 14.7 Å². The van der Waals surface area contributed by atoms with Gasteiger partial charge in [-0.25, -0.2) is 0 Å². The van der Waals surface area contributed by atoms with Gasteiger partial charge in [-0.2, -0.15) is 5.10 Å². The Labute approximate surface area is 119 Å². The van der Waals surface area contributed by atoms with E-state index in [-0.39, 0.29) is 17.9 Å². The van der Waals surface area contributed by atoms with Crippen LogP contribution in [0.3, 0.4) is 0 Å². The quantitative estimate of drug-likeness (QED) is 0.907. The van der Waals surface area contributed by atoms with Crippen molar-refractivity contribution in [1.29, 1.82) is 0 Å². The van der Waals surface area contributed by atoms with E-state index in [1.54, 1.807) is 31.9 Å². The van der Waals surface area contributed by atoms with Gasteiger partial charge in [0.2, 0.25) is 0 Å². The zero-order valence-electron chi connectivity index (χ0n) is 13.0. The molecule has 0 bridgehead atoms. The van der Waals surface area contributed by atoms with Gasteiger partial charge in [0.1, 0.15) is 0 Å². The van der Waals surface area contributed by atoms with E-state index in [2.05, 4.69) is 5.10 Å². The lowest BCUT2D eigenvalue weighted by molar-refractivity contribution is -0.141. The summed E-state index contributed by atoms with van der Waals surface area (Å²) in [5, 5.41) is 13.3. The molecule has 0 spiro atoms. The molecule has 6 nitrogen and oxygen atoms in total. The molecule has 6 heteroatoms. The number of aromatic nitrogens is 2. The topological polar surface area (TPSA) is 75.4 Å². The number of aliphatic carboxylic acids is 1. The van der Waals surface area contributed by atoms with Crippen LogP contribution in [0.25, 0.3) is 0 Å². The molecule has 20 heavy (non-hydrogen) atoms. The van der Waals surface area contributed by atoms with E-state index in [1.807, 2.05) is 20.8 Å². The number of hydrogen-bond donors (Lipinski definition) is 1. The van der Waals surface area contributed by atoms with Gasteiger partial charge in [0, 0.05) is 32.3 Å². The SMILES string of the molecule is CC(CN(C)C(=O)c1cn(C)nc1C(C)(C)C)C(=O)O. The molecular weight excluding hydrogens is 258 g/mol. The standard InChI is InChI=1S/C14H23N3O3/c1-9(13(19)20)7-16(5)12(18)10-8-17(6)15-11(10)14(2,3)4/h8-9H,7H2,1-6H3,(H,19,20). The Morgan fingerprint density at radius 3 is 2.45 bits per heavy atom. The molecule has 0 aliphatic rings. The second-order valence-corrected chi connectivity index (χ2v) is 6.24. The van der Waals surface area contributed by atoms with Crippen LogP contribution in [0.15, 0.2) is 6.20 Å². The average Bonchev–Trinajstić information content (AvgIpc) is 2.69. The minimum atomic E-state index is -0.910. The molecule has 1 aromatic heterocycles. The highest BCUT2D eigenvalue weighted by molar-refractivity contribution is 5.95. The van der Waals surface area contributed by atoms with E-state index < -0.39 is 11.9 Å². The van der Waals surface area contributed by atoms with Gasteiger partial charge in [0.05, 0.1) is 17.2 Å². The molecule has 112 valence electrons. The highest BCUT2D eigenvalue weighted by atomic mass is 16.4. The second-order valence-electron chi connectivity index (χ2n) is 6.24. The van der Waals surface area contributed by atoms with Crippen LogP contribution < -0.4 is 0 Å². The summed E-state index contributed by atoms with van der Waals surface area (Å²) in [5.41, 5.74) is 1.01. The summed E-state index contributed by atoms with van der Waals surface area (Å²) in [4.78, 5) is 24.8. The predicted octanol–water partition coefficient (Wildman–Crippen LogP) is 1.51. The van der Waals surface area contributed by atoms with E-state index in [4.69, 9.17) is 5.11 Å². The van der Waals surface area contributed by atoms with Crippen molar-refractivity contribution in [1.82, 2.24) is 14.7 Å². The maximum atomic E-state index is 12.5. The van der Waals surface area contributed by atoms with Gasteiger partial charge in [-0.1, -0.05) is 27.7 Å². The minimum Gasteiger partial charge on any atom is -0.481 e. The van der Waals surface area contributed by atoms with Gasteiger partial charge in [-0.05, 0) is 0 Å². The molecule has 1 amide bonds. The van der Waals surface area contributed by atoms with E-state index in [0.29, 0.717) is 5.56 Å². The summed E-state index contributed by atoms with van der Waals surface area (Å²) in [6.07, 6.45) is 1.69. The highest BCUT2D eigenvalue weighted by Gasteiger charge is 2.28. The van der Waals surface area contributed by atoms with Crippen LogP contribution in [-0.2, 0) is 17.3 Å². The Morgan fingerprint density at radius 1 is 1.45 bits per heavy atom. The summed E-state index contributed by atoms with van der Waals surface area (Å²) >= 11 is 0. The van der Waals surface area contributed by atoms with Crippen molar-refractivity contribution in [3.63, 3.8) is 0 Å². The van der Waals surface area contributed by atoms with E-state index >= 15 is 0 Å². The monoisotopic (exact) mass is 281 g/mol. The van der Waals surface area contributed by atoms with E-state index in [0.717, 1.165) is 5.69 Å². The largest absolute Gasteiger partial charge is 0.481 e. The molecule has 0 aliphatic heterocycles. The Kier molecular flexibility index (Phi) is 4.57. The number of nitrogens with zero attached hydrogens (tertiary/aromatic N) is 3. The van der Waals surface area contributed by atoms with Crippen LogP contribution in [0.4, 0.5) is 0 Å². The predicted molar refractivity (Wildman–Crippen MR) is 75.7 cm³/mol. The molecule has 1 heterocycles. The van der Waals surface area contributed by atoms with Gasteiger partial charge < -0.3 is 10.0 Å². The molecule has 0 saturated carbocycles. The third-order valence-electron chi connectivity index (χ3n) is 3.09. The summed E-state index contributed by atoms with van der Waals surface area (Å²) in [7, 11) is 3.38. The van der Waals surface area contributed by atoms with Crippen LogP contribution in [0.1, 0.15) is 43.7 Å². The molecule has 0 saturated heterocycles. The molecular formula is C14H23N3O3. The number of rotatable bonds is 4. The highest BCUT2D eigenvalue weighted by Crippen LogP contribution is 2.25. The number of carboxylic acid groups (broad SMARTS) is 1. The number of aryl methyl sites for hydroxylation is 1. The maximum absolute atomic E-state index is 12.5. The van der Waals surface area contributed by atoms with Crippen molar-refractivity contribution >= 4 is 11.9 Å². The molecule has 0 fully saturated rings. The van der Waals surface area contributed by atoms with Gasteiger partial charge in [-0.15, -0.1) is 0 Å². The first kappa shape index (κ1) is 16.2. The molecule has 1 rings (SSSR count). The van der Waals surface area contributed by atoms with Crippen molar-refractivity contribution in [2.24, 2.45) is 13.0 Å². The first-order chi connectivity index (χ1) is 9.04. The van der Waals surface area contributed by atoms with E-state index in [9.17, 15) is 9.59 Å². The third kappa shape index (κ3) is 3.59. The third-order valence-corrected chi connectivity index (χ3v) is 3.09. The van der Waals surface area contributed by atoms with Crippen LogP contribution in [0.5, 0.6) is 0 Å². The normalized spacial score (nSPS) is 13.1. The number of carboxylic acids is 1. The van der Waals surface area contributed by atoms with Crippen molar-refractivity contribution in [2.45, 2.75) is 33.1 Å². The first-order valence-corrected chi connectivity index (χ1v) is 6.56. The summed E-state index contributed by atoms with van der Waals surface area (Å²) in [6.45, 7) is 7.73. The van der Waals surface area contributed by atoms with Crippen LogP contribution >= 0.6 is 0 Å². The lowest BCUT2D eigenvalue weighted by Crippen LogP contribution is -2.34. The summed E-state index contributed by atoms with van der Waals surface area (Å²) in [5.74, 6) is -1.71. The number of hydrogen-bond acceptors (Lipinski definition) is 3. The van der Waals surface area contributed by atoms with Gasteiger partial charge in [0.25, 0.3) is 5.91 Å². The molecule has 0 aliphatic carbocycles. The van der Waals surface area contributed by atoms with Crippen molar-refractivity contribution in [2.75, 3.05) is 13.6 Å². The second kappa shape index (κ2) is 5.64. The Bertz CT molecular complexity index is 514. The molecule has 0 radical (unpaired) electrons. The Hall–Kier alpha value is -1.85. The number of amides is 1. The van der Waals surface area contributed by atoms with Crippen molar-refractivity contribution in [3.8, 4) is 0 Å². The van der Waals surface area contributed by atoms with Crippen molar-refractivity contribution in [3.05, 3.63) is 17.5 Å². The zero-order chi connectivity index (χ0) is 15.7. The molecule has 1 unspecified atom stereocenters. The Balaban J connectivity index is 3.01. The Morgan fingerprint density at radius 2 is 2.00 bits per heavy atom. The smallest absolute Gasteiger partial charge is 0.308 e. The van der Waals surface area contributed by atoms with Crippen LogP contribution in [0.2, 0.25) is 0 Å². The lowest BCUT2D eigenvalue weighted by atomic mass is 9.89. The molecule has 1 atom stereocenters. The fraction of sp³-hybridized carbons (Fsp3) is 0.643. The molecule has 1 N–H and O–H groups in total. The first-order valence-electron chi connectivity index (χ1n) is 6.56. The maximum Gasteiger partial charge on any atom is 0.308 e. The van der Waals surface area contributed by atoms with Crippen LogP contribution in [-0.4, -0.2) is 45.3 Å². The average molecular weight is 281 g/mol. The summed E-state index contributed by atoms with van der Waals surface area (Å²) < 4.78 is 1.61. The number of carbonyl (C=O) groups excluding carboxylic acids is 1. The van der Waals surface area contributed by atoms with E-state index in [1.165, 1.54) is 4.90 Å². The fourth-order valence-corrected chi connectivity index (χ4v) is 1.98.